The van der Waals surface area contributed by atoms with Gasteiger partial charge in [-0.25, -0.2) is 4.98 Å². The first-order valence-corrected chi connectivity index (χ1v) is 7.15. The Kier molecular flexibility index (Phi) is 4.07. The summed E-state index contributed by atoms with van der Waals surface area (Å²) in [5.41, 5.74) is 1.10. The number of benzene rings is 1. The number of halogens is 1. The minimum absolute atomic E-state index is 0.590. The fraction of sp³-hybridized carbons (Fsp3) is 0.154. The summed E-state index contributed by atoms with van der Waals surface area (Å²) in [4.78, 5) is 5.46. The van der Waals surface area contributed by atoms with Crippen LogP contribution in [0.1, 0.15) is 5.56 Å². The van der Waals surface area contributed by atoms with E-state index < -0.39 is 0 Å². The first-order chi connectivity index (χ1) is 8.19. The van der Waals surface area contributed by atoms with E-state index in [0.29, 0.717) is 5.88 Å². The Morgan fingerprint density at radius 1 is 1.24 bits per heavy atom. The lowest BCUT2D eigenvalue weighted by Gasteiger charge is -2.07. The van der Waals surface area contributed by atoms with E-state index in [4.69, 9.17) is 4.74 Å². The van der Waals surface area contributed by atoms with Crippen molar-refractivity contribution in [2.75, 3.05) is 6.26 Å². The van der Waals surface area contributed by atoms with E-state index in [1.54, 1.807) is 18.0 Å². The molecule has 0 amide bonds. The summed E-state index contributed by atoms with van der Waals surface area (Å²) < 4.78 is 6.56. The summed E-state index contributed by atoms with van der Waals surface area (Å²) in [5, 5.41) is 0. The largest absolute Gasteiger partial charge is 0.438 e. The van der Waals surface area contributed by atoms with E-state index in [1.807, 2.05) is 43.5 Å². The number of pyridine rings is 1. The van der Waals surface area contributed by atoms with Gasteiger partial charge in [-0.2, -0.15) is 0 Å². The second kappa shape index (κ2) is 5.56. The van der Waals surface area contributed by atoms with Crippen LogP contribution in [-0.2, 0) is 0 Å². The molecule has 1 heterocycles. The molecule has 0 fully saturated rings. The zero-order valence-corrected chi connectivity index (χ0v) is 12.0. The highest BCUT2D eigenvalue weighted by Gasteiger charge is 2.04. The number of aromatic nitrogens is 1. The molecule has 0 saturated carbocycles. The van der Waals surface area contributed by atoms with Gasteiger partial charge in [0, 0.05) is 11.1 Å². The summed E-state index contributed by atoms with van der Waals surface area (Å²) in [6.45, 7) is 1.99. The molecule has 1 aromatic heterocycles. The maximum Gasteiger partial charge on any atom is 0.233 e. The highest BCUT2D eigenvalue weighted by molar-refractivity contribution is 9.10. The minimum atomic E-state index is 0.590. The summed E-state index contributed by atoms with van der Waals surface area (Å²) in [6, 6.07) is 9.93. The average Bonchev–Trinajstić information content (AvgIpc) is 2.34. The van der Waals surface area contributed by atoms with E-state index >= 15 is 0 Å². The van der Waals surface area contributed by atoms with Crippen LogP contribution in [0.25, 0.3) is 0 Å². The van der Waals surface area contributed by atoms with Gasteiger partial charge in [0.2, 0.25) is 5.88 Å². The second-order valence-electron chi connectivity index (χ2n) is 3.58. The zero-order valence-electron chi connectivity index (χ0n) is 9.61. The molecule has 17 heavy (non-hydrogen) atoms. The molecule has 0 radical (unpaired) electrons. The minimum Gasteiger partial charge on any atom is -0.438 e. The molecule has 0 spiro atoms. The zero-order chi connectivity index (χ0) is 12.3. The third kappa shape index (κ3) is 3.23. The molecule has 0 aliphatic carbocycles. The van der Waals surface area contributed by atoms with E-state index in [0.717, 1.165) is 15.8 Å². The summed E-state index contributed by atoms with van der Waals surface area (Å²) in [6.07, 6.45) is 3.84. The smallest absolute Gasteiger partial charge is 0.233 e. The highest BCUT2D eigenvalue weighted by Crippen LogP contribution is 2.28. The molecular weight excluding hydrogens is 298 g/mol. The molecule has 0 atom stereocenters. The van der Waals surface area contributed by atoms with Gasteiger partial charge in [-0.15, -0.1) is 11.8 Å². The predicted molar refractivity (Wildman–Crippen MR) is 75.0 cm³/mol. The Hall–Kier alpha value is -1.000. The predicted octanol–water partition coefficient (Wildman–Crippen LogP) is 4.67. The van der Waals surface area contributed by atoms with Gasteiger partial charge in [-0.1, -0.05) is 0 Å². The van der Waals surface area contributed by atoms with Crippen LogP contribution in [0.15, 0.2) is 45.9 Å². The monoisotopic (exact) mass is 309 g/mol. The Balaban J connectivity index is 2.19. The third-order valence-corrected chi connectivity index (χ3v) is 3.53. The first kappa shape index (κ1) is 12.5. The van der Waals surface area contributed by atoms with Crippen LogP contribution in [0, 0.1) is 6.92 Å². The Labute approximate surface area is 114 Å². The van der Waals surface area contributed by atoms with Crippen LogP contribution in [0.4, 0.5) is 0 Å². The lowest BCUT2D eigenvalue weighted by molar-refractivity contribution is 0.459. The third-order valence-electron chi connectivity index (χ3n) is 2.22. The van der Waals surface area contributed by atoms with Crippen LogP contribution in [0.5, 0.6) is 11.6 Å². The number of hydrogen-bond donors (Lipinski definition) is 0. The van der Waals surface area contributed by atoms with Crippen LogP contribution in [-0.4, -0.2) is 11.2 Å². The SMILES string of the molecule is CSc1ccc(Oc2ncc(C)cc2Br)cc1. The molecule has 88 valence electrons. The van der Waals surface area contributed by atoms with Gasteiger partial charge >= 0.3 is 0 Å². The van der Waals surface area contributed by atoms with Gasteiger partial charge in [0.05, 0.1) is 4.47 Å². The normalized spacial score (nSPS) is 10.3. The van der Waals surface area contributed by atoms with Crippen molar-refractivity contribution < 1.29 is 4.74 Å². The Morgan fingerprint density at radius 3 is 2.53 bits per heavy atom. The number of thioether (sulfide) groups is 1. The van der Waals surface area contributed by atoms with E-state index in [9.17, 15) is 0 Å². The quantitative estimate of drug-likeness (QED) is 0.769. The standard InChI is InChI=1S/C13H12BrNOS/c1-9-7-12(14)13(15-8-9)16-10-3-5-11(17-2)6-4-10/h3-8H,1-2H3. The lowest BCUT2D eigenvalue weighted by atomic mass is 10.3. The van der Waals surface area contributed by atoms with E-state index in [2.05, 4.69) is 20.9 Å². The average molecular weight is 310 g/mol. The number of rotatable bonds is 3. The van der Waals surface area contributed by atoms with Crippen molar-refractivity contribution in [3.8, 4) is 11.6 Å². The van der Waals surface area contributed by atoms with Crippen molar-refractivity contribution in [3.63, 3.8) is 0 Å². The first-order valence-electron chi connectivity index (χ1n) is 5.13. The van der Waals surface area contributed by atoms with Gasteiger partial charge in [0.25, 0.3) is 0 Å². The fourth-order valence-corrected chi connectivity index (χ4v) is 2.30. The molecule has 2 nitrogen and oxygen atoms in total. The van der Waals surface area contributed by atoms with Crippen molar-refractivity contribution in [2.24, 2.45) is 0 Å². The van der Waals surface area contributed by atoms with Crippen LogP contribution in [0.3, 0.4) is 0 Å². The van der Waals surface area contributed by atoms with Gasteiger partial charge in [-0.3, -0.25) is 0 Å². The lowest BCUT2D eigenvalue weighted by Crippen LogP contribution is -1.89. The van der Waals surface area contributed by atoms with Gasteiger partial charge in [0.15, 0.2) is 0 Å². The number of hydrogen-bond acceptors (Lipinski definition) is 3. The van der Waals surface area contributed by atoms with Crippen LogP contribution < -0.4 is 4.74 Å². The van der Waals surface area contributed by atoms with Crippen LogP contribution >= 0.6 is 27.7 Å². The van der Waals surface area contributed by atoms with Gasteiger partial charge in [0.1, 0.15) is 5.75 Å². The van der Waals surface area contributed by atoms with Gasteiger partial charge < -0.3 is 4.74 Å². The number of ether oxygens (including phenoxy) is 1. The fourth-order valence-electron chi connectivity index (χ4n) is 1.35. The molecular formula is C13H12BrNOS. The Morgan fingerprint density at radius 2 is 1.94 bits per heavy atom. The van der Waals surface area contributed by atoms with E-state index in [1.165, 1.54) is 4.90 Å². The molecule has 0 saturated heterocycles. The van der Waals surface area contributed by atoms with Crippen molar-refractivity contribution in [3.05, 3.63) is 46.6 Å². The van der Waals surface area contributed by atoms with Crippen molar-refractivity contribution >= 4 is 27.7 Å². The Bertz CT molecular complexity index is 513. The second-order valence-corrected chi connectivity index (χ2v) is 5.31. The maximum absolute atomic E-state index is 5.70. The summed E-state index contributed by atoms with van der Waals surface area (Å²) >= 11 is 5.15. The van der Waals surface area contributed by atoms with Crippen molar-refractivity contribution in [1.82, 2.24) is 4.98 Å². The molecule has 2 rings (SSSR count). The molecule has 0 N–H and O–H groups in total. The topological polar surface area (TPSA) is 22.1 Å². The summed E-state index contributed by atoms with van der Waals surface area (Å²) in [7, 11) is 0. The molecule has 1 aromatic carbocycles. The number of aryl methyl sites for hydroxylation is 1. The van der Waals surface area contributed by atoms with Crippen molar-refractivity contribution in [2.45, 2.75) is 11.8 Å². The summed E-state index contributed by atoms with van der Waals surface area (Å²) in [5.74, 6) is 1.38. The molecule has 2 aromatic rings. The molecule has 4 heteroatoms. The molecule has 0 aliphatic heterocycles. The van der Waals surface area contributed by atoms with E-state index in [-0.39, 0.29) is 0 Å². The molecule has 0 bridgehead atoms. The maximum atomic E-state index is 5.70. The van der Waals surface area contributed by atoms with Gasteiger partial charge in [-0.05, 0) is 65.0 Å². The number of nitrogens with zero attached hydrogens (tertiary/aromatic N) is 1. The highest BCUT2D eigenvalue weighted by atomic mass is 79.9. The van der Waals surface area contributed by atoms with Crippen molar-refractivity contribution in [1.29, 1.82) is 0 Å². The molecule has 0 unspecified atom stereocenters. The molecule has 0 aliphatic rings. The van der Waals surface area contributed by atoms with Crippen LogP contribution in [0.2, 0.25) is 0 Å².